The molecule has 7 heteroatoms. The van der Waals surface area contributed by atoms with E-state index < -0.39 is 5.54 Å². The van der Waals surface area contributed by atoms with Crippen LogP contribution in [0.1, 0.15) is 46.3 Å². The van der Waals surface area contributed by atoms with Crippen molar-refractivity contribution in [2.24, 2.45) is 10.7 Å². The standard InChI is InChI=1S/C30H32N4O3/c1-37-19-17-26-16-9-18-33(26)27(35)23-11-8-10-22(20-23)21-34-28(36)30(32-29(34)31,24-12-4-2-5-13-24)25-14-6-3-7-15-25/h2-8,10-15,20,26H,9,16-19,21H2,1H3,(H2,31,32). The maximum absolute atomic E-state index is 14.1. The van der Waals surface area contributed by atoms with Gasteiger partial charge in [0.05, 0.1) is 6.54 Å². The van der Waals surface area contributed by atoms with E-state index in [9.17, 15) is 9.59 Å². The van der Waals surface area contributed by atoms with E-state index in [1.54, 1.807) is 7.11 Å². The minimum Gasteiger partial charge on any atom is -0.385 e. The van der Waals surface area contributed by atoms with Gasteiger partial charge in [-0.05, 0) is 48.1 Å². The lowest BCUT2D eigenvalue weighted by molar-refractivity contribution is -0.130. The largest absolute Gasteiger partial charge is 0.385 e. The molecule has 37 heavy (non-hydrogen) atoms. The van der Waals surface area contributed by atoms with Gasteiger partial charge in [0, 0.05) is 31.9 Å². The average Bonchev–Trinajstić information content (AvgIpc) is 3.51. The van der Waals surface area contributed by atoms with Crippen molar-refractivity contribution < 1.29 is 14.3 Å². The van der Waals surface area contributed by atoms with Crippen molar-refractivity contribution in [1.82, 2.24) is 9.80 Å². The molecule has 1 saturated heterocycles. The molecule has 3 aromatic carbocycles. The number of rotatable bonds is 8. The van der Waals surface area contributed by atoms with Crippen LogP contribution in [-0.2, 0) is 21.6 Å². The number of hydrogen-bond acceptors (Lipinski definition) is 5. The van der Waals surface area contributed by atoms with Crippen LogP contribution in [0, 0.1) is 0 Å². The van der Waals surface area contributed by atoms with Crippen molar-refractivity contribution in [2.75, 3.05) is 20.3 Å². The number of ether oxygens (including phenoxy) is 1. The quantitative estimate of drug-likeness (QED) is 0.512. The Morgan fingerprint density at radius 3 is 2.35 bits per heavy atom. The fourth-order valence-corrected chi connectivity index (χ4v) is 5.44. The number of methoxy groups -OCH3 is 1. The minimum atomic E-state index is -1.25. The van der Waals surface area contributed by atoms with Crippen LogP contribution in [0.25, 0.3) is 0 Å². The maximum atomic E-state index is 14.1. The number of aliphatic imine (C=N–C) groups is 1. The number of amides is 2. The summed E-state index contributed by atoms with van der Waals surface area (Å²) in [5, 5.41) is 0. The minimum absolute atomic E-state index is 0.0118. The highest BCUT2D eigenvalue weighted by Crippen LogP contribution is 2.40. The van der Waals surface area contributed by atoms with E-state index in [0.29, 0.717) is 12.2 Å². The van der Waals surface area contributed by atoms with Gasteiger partial charge in [-0.3, -0.25) is 14.5 Å². The number of nitrogens with zero attached hydrogens (tertiary/aromatic N) is 3. The number of carbonyl (C=O) groups excluding carboxylic acids is 2. The molecule has 2 aliphatic rings. The van der Waals surface area contributed by atoms with E-state index in [4.69, 9.17) is 15.5 Å². The SMILES string of the molecule is COCCC1CCCN1C(=O)c1cccc(CN2C(=O)C(c3ccccc3)(c3ccccc3)N=C2N)c1. The summed E-state index contributed by atoms with van der Waals surface area (Å²) in [6, 6.07) is 26.7. The Bertz CT molecular complexity index is 1250. The van der Waals surface area contributed by atoms with E-state index in [2.05, 4.69) is 0 Å². The number of likely N-dealkylation sites (tertiary alicyclic amines) is 1. The third-order valence-corrected chi connectivity index (χ3v) is 7.30. The Labute approximate surface area is 217 Å². The van der Waals surface area contributed by atoms with Gasteiger partial charge >= 0.3 is 0 Å². The Morgan fingerprint density at radius 1 is 1.03 bits per heavy atom. The van der Waals surface area contributed by atoms with Crippen molar-refractivity contribution in [1.29, 1.82) is 0 Å². The zero-order valence-electron chi connectivity index (χ0n) is 21.0. The van der Waals surface area contributed by atoms with Crippen molar-refractivity contribution in [3.05, 3.63) is 107 Å². The fraction of sp³-hybridized carbons (Fsp3) is 0.300. The number of guanidine groups is 1. The van der Waals surface area contributed by atoms with Crippen LogP contribution in [-0.4, -0.2) is 53.9 Å². The molecule has 2 heterocycles. The van der Waals surface area contributed by atoms with Crippen LogP contribution in [0.3, 0.4) is 0 Å². The summed E-state index contributed by atoms with van der Waals surface area (Å²) in [5.74, 6) is -0.0373. The van der Waals surface area contributed by atoms with Gasteiger partial charge in [-0.15, -0.1) is 0 Å². The zero-order chi connectivity index (χ0) is 25.8. The molecule has 1 atom stereocenters. The Hall–Kier alpha value is -3.97. The first-order valence-corrected chi connectivity index (χ1v) is 12.7. The number of hydrogen-bond donors (Lipinski definition) is 1. The van der Waals surface area contributed by atoms with Crippen molar-refractivity contribution in [2.45, 2.75) is 37.4 Å². The third kappa shape index (κ3) is 4.62. The molecule has 0 aliphatic carbocycles. The molecule has 0 bridgehead atoms. The first-order valence-electron chi connectivity index (χ1n) is 12.7. The smallest absolute Gasteiger partial charge is 0.266 e. The van der Waals surface area contributed by atoms with Crippen molar-refractivity contribution in [3.8, 4) is 0 Å². The molecule has 0 aromatic heterocycles. The second-order valence-corrected chi connectivity index (χ2v) is 9.58. The Morgan fingerprint density at radius 2 is 1.70 bits per heavy atom. The first kappa shape index (κ1) is 24.7. The monoisotopic (exact) mass is 496 g/mol. The summed E-state index contributed by atoms with van der Waals surface area (Å²) in [7, 11) is 1.68. The van der Waals surface area contributed by atoms with Crippen molar-refractivity contribution >= 4 is 17.8 Å². The highest BCUT2D eigenvalue weighted by atomic mass is 16.5. The summed E-state index contributed by atoms with van der Waals surface area (Å²) in [6.07, 6.45) is 2.82. The molecule has 190 valence electrons. The fourth-order valence-electron chi connectivity index (χ4n) is 5.44. The molecular weight excluding hydrogens is 464 g/mol. The summed E-state index contributed by atoms with van der Waals surface area (Å²) >= 11 is 0. The highest BCUT2D eigenvalue weighted by Gasteiger charge is 2.50. The summed E-state index contributed by atoms with van der Waals surface area (Å²) in [5.41, 5.74) is 8.11. The molecular formula is C30H32N4O3. The molecule has 2 N–H and O–H groups in total. The van der Waals surface area contributed by atoms with Crippen molar-refractivity contribution in [3.63, 3.8) is 0 Å². The molecule has 2 amide bonds. The third-order valence-electron chi connectivity index (χ3n) is 7.30. The molecule has 1 unspecified atom stereocenters. The molecule has 0 radical (unpaired) electrons. The van der Waals surface area contributed by atoms with Gasteiger partial charge in [0.25, 0.3) is 11.8 Å². The lowest BCUT2D eigenvalue weighted by atomic mass is 9.83. The number of benzene rings is 3. The van der Waals surface area contributed by atoms with E-state index in [-0.39, 0.29) is 30.4 Å². The van der Waals surface area contributed by atoms with Gasteiger partial charge in [0.2, 0.25) is 0 Å². The van der Waals surface area contributed by atoms with Crippen LogP contribution < -0.4 is 5.73 Å². The van der Waals surface area contributed by atoms with Gasteiger partial charge < -0.3 is 15.4 Å². The van der Waals surface area contributed by atoms with Gasteiger partial charge in [0.1, 0.15) is 0 Å². The lowest BCUT2D eigenvalue weighted by Crippen LogP contribution is -2.43. The van der Waals surface area contributed by atoms with Crippen LogP contribution in [0.15, 0.2) is 89.9 Å². The van der Waals surface area contributed by atoms with Gasteiger partial charge in [-0.25, -0.2) is 4.99 Å². The zero-order valence-corrected chi connectivity index (χ0v) is 21.0. The molecule has 0 saturated carbocycles. The molecule has 7 nitrogen and oxygen atoms in total. The number of carbonyl (C=O) groups is 2. The van der Waals surface area contributed by atoms with Crippen LogP contribution in [0.2, 0.25) is 0 Å². The number of nitrogens with two attached hydrogens (primary N) is 1. The van der Waals surface area contributed by atoms with Gasteiger partial charge in [0.15, 0.2) is 11.5 Å². The lowest BCUT2D eigenvalue weighted by Gasteiger charge is -2.27. The molecule has 3 aromatic rings. The maximum Gasteiger partial charge on any atom is 0.266 e. The molecule has 1 fully saturated rings. The first-order chi connectivity index (χ1) is 18.0. The topological polar surface area (TPSA) is 88.2 Å². The average molecular weight is 497 g/mol. The summed E-state index contributed by atoms with van der Waals surface area (Å²) in [6.45, 7) is 1.61. The van der Waals surface area contributed by atoms with E-state index in [1.807, 2.05) is 89.8 Å². The Balaban J connectivity index is 1.41. The van der Waals surface area contributed by atoms with Gasteiger partial charge in [-0.2, -0.15) is 0 Å². The Kier molecular flexibility index (Phi) is 7.06. The second kappa shape index (κ2) is 10.6. The molecule has 0 spiro atoms. The van der Waals surface area contributed by atoms with E-state index >= 15 is 0 Å². The van der Waals surface area contributed by atoms with Crippen LogP contribution >= 0.6 is 0 Å². The summed E-state index contributed by atoms with van der Waals surface area (Å²) in [4.78, 5) is 35.7. The van der Waals surface area contributed by atoms with Crippen LogP contribution in [0.4, 0.5) is 0 Å². The van der Waals surface area contributed by atoms with E-state index in [0.717, 1.165) is 42.5 Å². The predicted molar refractivity (Wildman–Crippen MR) is 143 cm³/mol. The second-order valence-electron chi connectivity index (χ2n) is 9.58. The molecule has 5 rings (SSSR count). The summed E-state index contributed by atoms with van der Waals surface area (Å²) < 4.78 is 5.23. The van der Waals surface area contributed by atoms with Crippen LogP contribution in [0.5, 0.6) is 0 Å². The molecule has 2 aliphatic heterocycles. The van der Waals surface area contributed by atoms with Gasteiger partial charge in [-0.1, -0.05) is 72.8 Å². The predicted octanol–water partition coefficient (Wildman–Crippen LogP) is 3.93. The normalized spacial score (nSPS) is 18.8. The van der Waals surface area contributed by atoms with E-state index in [1.165, 1.54) is 4.90 Å². The highest BCUT2D eigenvalue weighted by molar-refractivity contribution is 6.09.